The molecule has 3 atom stereocenters. The van der Waals surface area contributed by atoms with Gasteiger partial charge in [0.2, 0.25) is 0 Å². The second-order valence-electron chi connectivity index (χ2n) is 6.53. The first-order chi connectivity index (χ1) is 10.2. The van der Waals surface area contributed by atoms with Crippen molar-refractivity contribution in [1.29, 1.82) is 0 Å². The van der Waals surface area contributed by atoms with Gasteiger partial charge in [0, 0.05) is 25.7 Å². The van der Waals surface area contributed by atoms with Crippen LogP contribution in [0, 0.1) is 12.8 Å². The Morgan fingerprint density at radius 2 is 2.10 bits per heavy atom. The molecule has 0 amide bonds. The van der Waals surface area contributed by atoms with Crippen LogP contribution in [0.4, 0.5) is 0 Å². The number of nitrogens with one attached hydrogen (secondary N) is 1. The van der Waals surface area contributed by atoms with Crippen molar-refractivity contribution in [2.24, 2.45) is 5.92 Å². The molecule has 0 radical (unpaired) electrons. The second kappa shape index (κ2) is 6.47. The molecule has 2 saturated heterocycles. The van der Waals surface area contributed by atoms with Gasteiger partial charge in [0.15, 0.2) is 0 Å². The van der Waals surface area contributed by atoms with Crippen molar-refractivity contribution >= 4 is 0 Å². The van der Waals surface area contributed by atoms with Gasteiger partial charge in [0.25, 0.3) is 0 Å². The zero-order chi connectivity index (χ0) is 14.7. The molecule has 1 aromatic carbocycles. The smallest absolute Gasteiger partial charge is 0.0940 e. The van der Waals surface area contributed by atoms with Gasteiger partial charge in [-0.05, 0) is 37.8 Å². The van der Waals surface area contributed by atoms with Crippen LogP contribution in [-0.4, -0.2) is 32.0 Å². The fourth-order valence-electron chi connectivity index (χ4n) is 3.76. The van der Waals surface area contributed by atoms with Gasteiger partial charge in [-0.3, -0.25) is 0 Å². The van der Waals surface area contributed by atoms with Crippen molar-refractivity contribution in [2.45, 2.75) is 44.8 Å². The summed E-state index contributed by atoms with van der Waals surface area (Å²) in [5.74, 6) is 0.628. The monoisotopic (exact) mass is 289 g/mol. The zero-order valence-electron chi connectivity index (χ0n) is 13.2. The molecule has 0 aliphatic carbocycles. The van der Waals surface area contributed by atoms with Gasteiger partial charge in [0.1, 0.15) is 0 Å². The minimum Gasteiger partial charge on any atom is -0.378 e. The van der Waals surface area contributed by atoms with Crippen LogP contribution in [0.25, 0.3) is 0 Å². The topological polar surface area (TPSA) is 30.5 Å². The molecule has 3 unspecified atom stereocenters. The average molecular weight is 289 g/mol. The minimum atomic E-state index is -0.0126. The molecule has 0 saturated carbocycles. The Hall–Kier alpha value is -0.900. The van der Waals surface area contributed by atoms with Crippen LogP contribution in [0.2, 0.25) is 0 Å². The molecule has 2 fully saturated rings. The Balaban J connectivity index is 1.78. The van der Waals surface area contributed by atoms with Gasteiger partial charge in [-0.25, -0.2) is 0 Å². The van der Waals surface area contributed by atoms with Gasteiger partial charge in [-0.15, -0.1) is 0 Å². The second-order valence-corrected chi connectivity index (χ2v) is 6.53. The molecule has 116 valence electrons. The zero-order valence-corrected chi connectivity index (χ0v) is 13.2. The Kier molecular flexibility index (Phi) is 4.63. The third-order valence-corrected chi connectivity index (χ3v) is 4.93. The van der Waals surface area contributed by atoms with Gasteiger partial charge >= 0.3 is 0 Å². The average Bonchev–Trinajstić information content (AvgIpc) is 2.94. The van der Waals surface area contributed by atoms with Crippen molar-refractivity contribution < 1.29 is 9.47 Å². The standard InChI is InChI=1S/C18H27NO2/c1-3-19-17(15-6-4-14(2)5-7-15)16-8-10-21-18(12-16)9-11-20-13-18/h4-7,16-17,19H,3,8-13H2,1-2H3. The lowest BCUT2D eigenvalue weighted by Gasteiger charge is -2.40. The lowest BCUT2D eigenvalue weighted by atomic mass is 9.79. The maximum Gasteiger partial charge on any atom is 0.0940 e. The van der Waals surface area contributed by atoms with E-state index in [1.165, 1.54) is 11.1 Å². The number of rotatable bonds is 4. The highest BCUT2D eigenvalue weighted by Gasteiger charge is 2.43. The molecule has 1 spiro atoms. The summed E-state index contributed by atoms with van der Waals surface area (Å²) in [4.78, 5) is 0. The van der Waals surface area contributed by atoms with Crippen LogP contribution in [0.15, 0.2) is 24.3 Å². The van der Waals surface area contributed by atoms with E-state index in [0.717, 1.165) is 45.6 Å². The lowest BCUT2D eigenvalue weighted by Crippen LogP contribution is -2.44. The molecule has 0 bridgehead atoms. The summed E-state index contributed by atoms with van der Waals surface area (Å²) in [6, 6.07) is 9.41. The molecule has 1 aromatic rings. The van der Waals surface area contributed by atoms with Crippen molar-refractivity contribution in [3.05, 3.63) is 35.4 Å². The van der Waals surface area contributed by atoms with E-state index in [-0.39, 0.29) is 5.60 Å². The SMILES string of the molecule is CCNC(c1ccc(C)cc1)C1CCOC2(CCOC2)C1. The molecule has 1 N–H and O–H groups in total. The third kappa shape index (κ3) is 3.31. The van der Waals surface area contributed by atoms with E-state index in [2.05, 4.69) is 43.4 Å². The van der Waals surface area contributed by atoms with Gasteiger partial charge in [0.05, 0.1) is 12.2 Å². The summed E-state index contributed by atoms with van der Waals surface area (Å²) in [7, 11) is 0. The normalized spacial score (nSPS) is 30.7. The van der Waals surface area contributed by atoms with E-state index >= 15 is 0 Å². The molecule has 0 aromatic heterocycles. The molecule has 2 aliphatic heterocycles. The third-order valence-electron chi connectivity index (χ3n) is 4.93. The molecule has 2 heterocycles. The Morgan fingerprint density at radius 3 is 2.76 bits per heavy atom. The summed E-state index contributed by atoms with van der Waals surface area (Å²) >= 11 is 0. The lowest BCUT2D eigenvalue weighted by molar-refractivity contribution is -0.103. The number of aryl methyl sites for hydroxylation is 1. The number of ether oxygens (including phenoxy) is 2. The van der Waals surface area contributed by atoms with Crippen molar-refractivity contribution in [1.82, 2.24) is 5.32 Å². The minimum absolute atomic E-state index is 0.0126. The van der Waals surface area contributed by atoms with Crippen LogP contribution < -0.4 is 5.32 Å². The van der Waals surface area contributed by atoms with Crippen molar-refractivity contribution in [3.63, 3.8) is 0 Å². The summed E-state index contributed by atoms with van der Waals surface area (Å²) in [6.07, 6.45) is 3.29. The molecule has 21 heavy (non-hydrogen) atoms. The highest BCUT2D eigenvalue weighted by atomic mass is 16.6. The van der Waals surface area contributed by atoms with E-state index in [9.17, 15) is 0 Å². The van der Waals surface area contributed by atoms with Crippen LogP contribution in [-0.2, 0) is 9.47 Å². The summed E-state index contributed by atoms with van der Waals surface area (Å²) in [6.45, 7) is 7.82. The maximum absolute atomic E-state index is 6.09. The predicted octanol–water partition coefficient (Wildman–Crippen LogP) is 3.23. The van der Waals surface area contributed by atoms with Crippen molar-refractivity contribution in [2.75, 3.05) is 26.4 Å². The Morgan fingerprint density at radius 1 is 1.29 bits per heavy atom. The first kappa shape index (κ1) is 15.0. The van der Waals surface area contributed by atoms with Gasteiger partial charge in [-0.1, -0.05) is 36.8 Å². The Labute approximate surface area is 128 Å². The fraction of sp³-hybridized carbons (Fsp3) is 0.667. The van der Waals surface area contributed by atoms with Crippen molar-refractivity contribution in [3.8, 4) is 0 Å². The van der Waals surface area contributed by atoms with Gasteiger partial charge < -0.3 is 14.8 Å². The van der Waals surface area contributed by atoms with E-state index in [4.69, 9.17) is 9.47 Å². The van der Waals surface area contributed by atoms with E-state index < -0.39 is 0 Å². The van der Waals surface area contributed by atoms with Crippen LogP contribution in [0.5, 0.6) is 0 Å². The predicted molar refractivity (Wildman–Crippen MR) is 84.4 cm³/mol. The number of hydrogen-bond donors (Lipinski definition) is 1. The summed E-state index contributed by atoms with van der Waals surface area (Å²) in [5, 5.41) is 3.70. The molecule has 3 rings (SSSR count). The van der Waals surface area contributed by atoms with E-state index in [1.54, 1.807) is 0 Å². The fourth-order valence-corrected chi connectivity index (χ4v) is 3.76. The van der Waals surface area contributed by atoms with Crippen LogP contribution in [0.3, 0.4) is 0 Å². The molecule has 3 nitrogen and oxygen atoms in total. The molecular weight excluding hydrogens is 262 g/mol. The van der Waals surface area contributed by atoms with E-state index in [0.29, 0.717) is 12.0 Å². The molecule has 3 heteroatoms. The first-order valence-electron chi connectivity index (χ1n) is 8.24. The number of hydrogen-bond acceptors (Lipinski definition) is 3. The summed E-state index contributed by atoms with van der Waals surface area (Å²) in [5.41, 5.74) is 2.71. The quantitative estimate of drug-likeness (QED) is 0.923. The van der Waals surface area contributed by atoms with Crippen LogP contribution >= 0.6 is 0 Å². The first-order valence-corrected chi connectivity index (χ1v) is 8.24. The van der Waals surface area contributed by atoms with E-state index in [1.807, 2.05) is 0 Å². The molecular formula is C18H27NO2. The summed E-state index contributed by atoms with van der Waals surface area (Å²) < 4.78 is 11.7. The maximum atomic E-state index is 6.09. The number of benzene rings is 1. The Bertz CT molecular complexity index is 451. The molecule has 2 aliphatic rings. The highest BCUT2D eigenvalue weighted by molar-refractivity contribution is 5.25. The highest BCUT2D eigenvalue weighted by Crippen LogP contribution is 2.40. The largest absolute Gasteiger partial charge is 0.378 e. The van der Waals surface area contributed by atoms with Crippen LogP contribution in [0.1, 0.15) is 43.4 Å². The van der Waals surface area contributed by atoms with Gasteiger partial charge in [-0.2, -0.15) is 0 Å².